The average Bonchev–Trinajstić information content (AvgIpc) is 2.91. The Morgan fingerprint density at radius 3 is 2.81 bits per heavy atom. The molecule has 0 aliphatic carbocycles. The van der Waals surface area contributed by atoms with Crippen LogP contribution >= 0.6 is 22.9 Å². The van der Waals surface area contributed by atoms with E-state index in [1.54, 1.807) is 12.1 Å². The third-order valence-electron chi connectivity index (χ3n) is 3.12. The summed E-state index contributed by atoms with van der Waals surface area (Å²) in [5, 5.41) is 3.71. The third kappa shape index (κ3) is 2.91. The van der Waals surface area contributed by atoms with Crippen molar-refractivity contribution in [1.82, 2.24) is 0 Å². The van der Waals surface area contributed by atoms with E-state index in [1.807, 2.05) is 24.3 Å². The van der Waals surface area contributed by atoms with Crippen molar-refractivity contribution in [3.63, 3.8) is 0 Å². The summed E-state index contributed by atoms with van der Waals surface area (Å²) in [4.78, 5) is 12.8. The van der Waals surface area contributed by atoms with E-state index in [-0.39, 0.29) is 11.7 Å². The largest absolute Gasteiger partial charge is 0.321 e. The van der Waals surface area contributed by atoms with Crippen molar-refractivity contribution in [3.05, 3.63) is 64.8 Å². The average molecular weight is 320 g/mol. The van der Waals surface area contributed by atoms with Crippen LogP contribution in [0.2, 0.25) is 0 Å². The highest BCUT2D eigenvalue weighted by atomic mass is 35.5. The van der Waals surface area contributed by atoms with Gasteiger partial charge in [-0.15, -0.1) is 22.9 Å². The molecule has 5 heteroatoms. The Hall–Kier alpha value is -1.91. The molecule has 1 aromatic heterocycles. The van der Waals surface area contributed by atoms with Crippen molar-refractivity contribution in [2.75, 3.05) is 5.32 Å². The molecule has 2 nitrogen and oxygen atoms in total. The number of thiophene rings is 1. The fraction of sp³-hybridized carbons (Fsp3) is 0.0625. The molecule has 3 aromatic rings. The Morgan fingerprint density at radius 2 is 2.00 bits per heavy atom. The molecule has 21 heavy (non-hydrogen) atoms. The van der Waals surface area contributed by atoms with Crippen LogP contribution in [0.5, 0.6) is 0 Å². The summed E-state index contributed by atoms with van der Waals surface area (Å²) in [6.07, 6.45) is 0. The van der Waals surface area contributed by atoms with Crippen LogP contribution in [0.25, 0.3) is 10.1 Å². The highest BCUT2D eigenvalue weighted by molar-refractivity contribution is 7.20. The Labute approximate surface area is 130 Å². The number of fused-ring (bicyclic) bond motifs is 1. The second-order valence-corrected chi connectivity index (χ2v) is 5.89. The number of alkyl halides is 1. The third-order valence-corrected chi connectivity index (χ3v) is 4.50. The minimum atomic E-state index is -0.302. The molecule has 0 aliphatic rings. The molecule has 1 amide bonds. The Morgan fingerprint density at radius 1 is 1.19 bits per heavy atom. The lowest BCUT2D eigenvalue weighted by Gasteiger charge is -2.07. The summed E-state index contributed by atoms with van der Waals surface area (Å²) in [7, 11) is 0. The summed E-state index contributed by atoms with van der Waals surface area (Å²) < 4.78 is 13.9. The molecule has 0 spiro atoms. The van der Waals surface area contributed by atoms with Crippen molar-refractivity contribution < 1.29 is 9.18 Å². The van der Waals surface area contributed by atoms with E-state index in [4.69, 9.17) is 11.6 Å². The lowest BCUT2D eigenvalue weighted by molar-refractivity contribution is 0.103. The minimum absolute atomic E-state index is 0.214. The summed E-state index contributed by atoms with van der Waals surface area (Å²) >= 11 is 7.12. The van der Waals surface area contributed by atoms with Crippen molar-refractivity contribution in [2.45, 2.75) is 5.88 Å². The molecule has 0 fully saturated rings. The van der Waals surface area contributed by atoms with E-state index in [9.17, 15) is 9.18 Å². The molecule has 106 valence electrons. The second kappa shape index (κ2) is 5.84. The van der Waals surface area contributed by atoms with Gasteiger partial charge in [0.25, 0.3) is 5.91 Å². The van der Waals surface area contributed by atoms with E-state index in [0.29, 0.717) is 16.4 Å². The van der Waals surface area contributed by atoms with Gasteiger partial charge in [-0.2, -0.15) is 0 Å². The van der Waals surface area contributed by atoms with Crippen LogP contribution in [0.15, 0.2) is 48.5 Å². The van der Waals surface area contributed by atoms with Gasteiger partial charge in [0.2, 0.25) is 0 Å². The molecule has 0 saturated carbocycles. The van der Waals surface area contributed by atoms with E-state index >= 15 is 0 Å². The van der Waals surface area contributed by atoms with Crippen LogP contribution < -0.4 is 5.32 Å². The van der Waals surface area contributed by atoms with Gasteiger partial charge in [0, 0.05) is 16.3 Å². The second-order valence-electron chi connectivity index (χ2n) is 4.54. The number of carbonyl (C=O) groups excluding carboxylic acids is 1. The van der Waals surface area contributed by atoms with Gasteiger partial charge in [-0.1, -0.05) is 24.3 Å². The van der Waals surface area contributed by atoms with E-state index in [2.05, 4.69) is 5.32 Å². The lowest BCUT2D eigenvalue weighted by Crippen LogP contribution is -2.11. The first kappa shape index (κ1) is 14.0. The van der Waals surface area contributed by atoms with Crippen molar-refractivity contribution in [3.8, 4) is 0 Å². The van der Waals surface area contributed by atoms with E-state index in [0.717, 1.165) is 15.6 Å². The number of para-hydroxylation sites is 1. The van der Waals surface area contributed by atoms with Crippen LogP contribution in [0.3, 0.4) is 0 Å². The molecule has 0 unspecified atom stereocenters. The van der Waals surface area contributed by atoms with Crippen LogP contribution in [0.4, 0.5) is 10.1 Å². The molecule has 0 bridgehead atoms. The van der Waals surface area contributed by atoms with Crippen LogP contribution in [-0.4, -0.2) is 5.91 Å². The first-order chi connectivity index (χ1) is 10.2. The molecule has 3 rings (SSSR count). The molecule has 1 N–H and O–H groups in total. The van der Waals surface area contributed by atoms with Crippen LogP contribution in [0.1, 0.15) is 15.2 Å². The number of carbonyl (C=O) groups is 1. The van der Waals surface area contributed by atoms with Gasteiger partial charge in [0.15, 0.2) is 0 Å². The number of anilines is 1. The maximum Gasteiger partial charge on any atom is 0.265 e. The van der Waals surface area contributed by atoms with Gasteiger partial charge >= 0.3 is 0 Å². The Bertz CT molecular complexity index is 815. The number of hydrogen-bond acceptors (Lipinski definition) is 2. The first-order valence-corrected chi connectivity index (χ1v) is 7.67. The maximum atomic E-state index is 13.2. The van der Waals surface area contributed by atoms with Crippen LogP contribution in [0, 0.1) is 5.82 Å². The van der Waals surface area contributed by atoms with Gasteiger partial charge in [0.1, 0.15) is 5.82 Å². The number of hydrogen-bond donors (Lipinski definition) is 1. The fourth-order valence-corrected chi connectivity index (χ4v) is 3.28. The summed E-state index contributed by atoms with van der Waals surface area (Å²) in [5.41, 5.74) is 1.56. The molecular formula is C16H11ClFNOS. The molecule has 1 heterocycles. The zero-order valence-electron chi connectivity index (χ0n) is 10.9. The van der Waals surface area contributed by atoms with Crippen molar-refractivity contribution in [2.24, 2.45) is 0 Å². The zero-order valence-corrected chi connectivity index (χ0v) is 12.5. The minimum Gasteiger partial charge on any atom is -0.321 e. The Balaban J connectivity index is 1.90. The normalized spacial score (nSPS) is 10.8. The van der Waals surface area contributed by atoms with Gasteiger partial charge in [-0.05, 0) is 35.2 Å². The Kier molecular flexibility index (Phi) is 3.90. The first-order valence-electron chi connectivity index (χ1n) is 6.31. The number of rotatable bonds is 3. The van der Waals surface area contributed by atoms with Crippen molar-refractivity contribution >= 4 is 44.6 Å². The predicted octanol–water partition coefficient (Wildman–Crippen LogP) is 5.03. The van der Waals surface area contributed by atoms with E-state index in [1.165, 1.54) is 23.5 Å². The predicted molar refractivity (Wildman–Crippen MR) is 85.7 cm³/mol. The standard InChI is InChI=1S/C16H11ClFNOS/c17-9-11-3-1-2-4-13(11)19-16(20)15-7-10-5-6-12(18)8-14(10)21-15/h1-8H,9H2,(H,19,20). The maximum absolute atomic E-state index is 13.2. The SMILES string of the molecule is O=C(Nc1ccccc1CCl)c1cc2ccc(F)cc2s1. The molecule has 0 saturated heterocycles. The van der Waals surface area contributed by atoms with E-state index < -0.39 is 0 Å². The van der Waals surface area contributed by atoms with Crippen molar-refractivity contribution in [1.29, 1.82) is 0 Å². The molecule has 0 aliphatic heterocycles. The molecule has 2 aromatic carbocycles. The quantitative estimate of drug-likeness (QED) is 0.674. The summed E-state index contributed by atoms with van der Waals surface area (Å²) in [6, 6.07) is 13.6. The summed E-state index contributed by atoms with van der Waals surface area (Å²) in [6.45, 7) is 0. The number of amides is 1. The smallest absolute Gasteiger partial charge is 0.265 e. The highest BCUT2D eigenvalue weighted by Crippen LogP contribution is 2.27. The molecule has 0 radical (unpaired) electrons. The van der Waals surface area contributed by atoms with Crippen LogP contribution in [-0.2, 0) is 5.88 Å². The molecular weight excluding hydrogens is 309 g/mol. The van der Waals surface area contributed by atoms with Gasteiger partial charge in [-0.3, -0.25) is 4.79 Å². The number of halogens is 2. The highest BCUT2D eigenvalue weighted by Gasteiger charge is 2.12. The monoisotopic (exact) mass is 319 g/mol. The number of benzene rings is 2. The topological polar surface area (TPSA) is 29.1 Å². The van der Waals surface area contributed by atoms with Gasteiger partial charge in [-0.25, -0.2) is 4.39 Å². The lowest BCUT2D eigenvalue weighted by atomic mass is 10.2. The summed E-state index contributed by atoms with van der Waals surface area (Å²) in [5.74, 6) is -0.188. The van der Waals surface area contributed by atoms with Gasteiger partial charge in [0.05, 0.1) is 4.88 Å². The fourth-order valence-electron chi connectivity index (χ4n) is 2.06. The molecule has 0 atom stereocenters. The zero-order chi connectivity index (χ0) is 14.8. The van der Waals surface area contributed by atoms with Gasteiger partial charge < -0.3 is 5.32 Å². The number of nitrogens with one attached hydrogen (secondary N) is 1.